The zero-order chi connectivity index (χ0) is 21.3. The Balaban J connectivity index is 1.75. The van der Waals surface area contributed by atoms with Gasteiger partial charge in [0.2, 0.25) is 21.8 Å². The first-order valence-corrected chi connectivity index (χ1v) is 10.9. The Labute approximate surface area is 175 Å². The fraction of sp³-hybridized carbons (Fsp3) is 0.300. The summed E-state index contributed by atoms with van der Waals surface area (Å²) in [5.41, 5.74) is 2.06. The van der Waals surface area contributed by atoms with Gasteiger partial charge in [-0.3, -0.25) is 9.59 Å². The molecule has 1 atom stereocenters. The molecule has 29 heavy (non-hydrogen) atoms. The molecule has 1 heterocycles. The molecule has 0 fully saturated rings. The van der Waals surface area contributed by atoms with Crippen LogP contribution in [0.15, 0.2) is 47.4 Å². The molecule has 0 aliphatic carbocycles. The summed E-state index contributed by atoms with van der Waals surface area (Å²) in [4.78, 5) is 25.8. The minimum absolute atomic E-state index is 0.0247. The van der Waals surface area contributed by atoms with Crippen molar-refractivity contribution in [2.75, 3.05) is 23.8 Å². The summed E-state index contributed by atoms with van der Waals surface area (Å²) in [6.45, 7) is 3.07. The van der Waals surface area contributed by atoms with Gasteiger partial charge in [-0.25, -0.2) is 8.42 Å². The van der Waals surface area contributed by atoms with Gasteiger partial charge in [0.1, 0.15) is 0 Å². The number of likely N-dealkylation sites (N-methyl/N-ethyl adjacent to an activating group) is 1. The van der Waals surface area contributed by atoms with Crippen LogP contribution >= 0.6 is 11.6 Å². The first kappa shape index (κ1) is 21.3. The van der Waals surface area contributed by atoms with Crippen LogP contribution in [0.4, 0.5) is 11.4 Å². The third-order valence-electron chi connectivity index (χ3n) is 4.81. The molecule has 0 bridgehead atoms. The molecular formula is C20H22ClN3O4S. The van der Waals surface area contributed by atoms with E-state index in [2.05, 4.69) is 5.32 Å². The molecular weight excluding hydrogens is 414 g/mol. The lowest BCUT2D eigenvalue weighted by Crippen LogP contribution is -2.35. The number of sulfonamides is 1. The maximum Gasteiger partial charge on any atom is 0.243 e. The number of anilines is 2. The van der Waals surface area contributed by atoms with Gasteiger partial charge < -0.3 is 10.2 Å². The molecule has 0 radical (unpaired) electrons. The van der Waals surface area contributed by atoms with Gasteiger partial charge in [0, 0.05) is 36.4 Å². The van der Waals surface area contributed by atoms with E-state index in [-0.39, 0.29) is 23.4 Å². The monoisotopic (exact) mass is 435 g/mol. The van der Waals surface area contributed by atoms with Gasteiger partial charge in [-0.2, -0.15) is 4.31 Å². The van der Waals surface area contributed by atoms with Crippen molar-refractivity contribution in [2.45, 2.75) is 31.2 Å². The van der Waals surface area contributed by atoms with E-state index in [1.54, 1.807) is 41.3 Å². The van der Waals surface area contributed by atoms with Gasteiger partial charge in [-0.05, 0) is 61.4 Å². The SMILES string of the molecule is CC(=O)N1c2ccc(S(=O)(=O)N(C)CC(=O)Nc3ccc(Cl)cc3)cc2CC1C. The van der Waals surface area contributed by atoms with Gasteiger partial charge in [-0.1, -0.05) is 11.6 Å². The van der Waals surface area contributed by atoms with Gasteiger partial charge in [-0.15, -0.1) is 0 Å². The fourth-order valence-corrected chi connectivity index (χ4v) is 4.75. The second-order valence-electron chi connectivity index (χ2n) is 7.05. The van der Waals surface area contributed by atoms with Crippen molar-refractivity contribution in [1.29, 1.82) is 0 Å². The summed E-state index contributed by atoms with van der Waals surface area (Å²) < 4.78 is 26.8. The summed E-state index contributed by atoms with van der Waals surface area (Å²) in [5, 5.41) is 3.18. The molecule has 0 saturated heterocycles. The minimum Gasteiger partial charge on any atom is -0.325 e. The Morgan fingerprint density at radius 1 is 1.21 bits per heavy atom. The molecule has 1 aliphatic heterocycles. The van der Waals surface area contributed by atoms with Crippen molar-refractivity contribution >= 4 is 44.8 Å². The summed E-state index contributed by atoms with van der Waals surface area (Å²) in [6, 6.07) is 11.2. The van der Waals surface area contributed by atoms with Gasteiger partial charge >= 0.3 is 0 Å². The standard InChI is InChI=1S/C20H22ClN3O4S/c1-13-10-15-11-18(8-9-19(15)24(13)14(2)25)29(27,28)23(3)12-20(26)22-17-6-4-16(21)5-7-17/h4-9,11,13H,10,12H2,1-3H3,(H,22,26). The Morgan fingerprint density at radius 3 is 2.48 bits per heavy atom. The first-order valence-electron chi connectivity index (χ1n) is 9.04. The van der Waals surface area contributed by atoms with Crippen LogP contribution in [-0.2, 0) is 26.0 Å². The number of hydrogen-bond acceptors (Lipinski definition) is 4. The Bertz CT molecular complexity index is 1050. The number of hydrogen-bond donors (Lipinski definition) is 1. The predicted octanol–water partition coefficient (Wildman–Crippen LogP) is 2.90. The maximum absolute atomic E-state index is 12.9. The predicted molar refractivity (Wildman–Crippen MR) is 113 cm³/mol. The molecule has 2 aromatic rings. The number of carbonyl (C=O) groups excluding carboxylic acids is 2. The van der Waals surface area contributed by atoms with Crippen molar-refractivity contribution < 1.29 is 18.0 Å². The zero-order valence-electron chi connectivity index (χ0n) is 16.3. The van der Waals surface area contributed by atoms with E-state index in [9.17, 15) is 18.0 Å². The molecule has 1 aliphatic rings. The number of halogens is 1. The molecule has 9 heteroatoms. The Hall–Kier alpha value is -2.42. The van der Waals surface area contributed by atoms with Crippen LogP contribution in [0.5, 0.6) is 0 Å². The maximum atomic E-state index is 12.9. The van der Waals surface area contributed by atoms with Crippen LogP contribution in [-0.4, -0.2) is 44.2 Å². The second kappa shape index (κ2) is 8.14. The Morgan fingerprint density at radius 2 is 1.86 bits per heavy atom. The van der Waals surface area contributed by atoms with Crippen molar-refractivity contribution in [3.05, 3.63) is 53.1 Å². The highest BCUT2D eigenvalue weighted by molar-refractivity contribution is 7.89. The quantitative estimate of drug-likeness (QED) is 0.782. The number of benzene rings is 2. The highest BCUT2D eigenvalue weighted by atomic mass is 35.5. The third kappa shape index (κ3) is 4.44. The molecule has 3 rings (SSSR count). The van der Waals surface area contributed by atoms with E-state index in [4.69, 9.17) is 11.6 Å². The summed E-state index contributed by atoms with van der Waals surface area (Å²) in [6.07, 6.45) is 0.582. The van der Waals surface area contributed by atoms with Crippen LogP contribution in [0.1, 0.15) is 19.4 Å². The van der Waals surface area contributed by atoms with Crippen molar-refractivity contribution in [2.24, 2.45) is 0 Å². The molecule has 154 valence electrons. The number of nitrogens with one attached hydrogen (secondary N) is 1. The van der Waals surface area contributed by atoms with E-state index >= 15 is 0 Å². The molecule has 2 aromatic carbocycles. The topological polar surface area (TPSA) is 86.8 Å². The first-order chi connectivity index (χ1) is 13.6. The summed E-state index contributed by atoms with van der Waals surface area (Å²) >= 11 is 5.81. The second-order valence-corrected chi connectivity index (χ2v) is 9.53. The molecule has 7 nitrogen and oxygen atoms in total. The van der Waals surface area contributed by atoms with Gasteiger partial charge in [0.05, 0.1) is 11.4 Å². The lowest BCUT2D eigenvalue weighted by atomic mass is 10.1. The molecule has 1 unspecified atom stereocenters. The Kier molecular flexibility index (Phi) is 5.97. The third-order valence-corrected chi connectivity index (χ3v) is 6.86. The van der Waals surface area contributed by atoms with Crippen LogP contribution in [0.3, 0.4) is 0 Å². The summed E-state index contributed by atoms with van der Waals surface area (Å²) in [5.74, 6) is -0.543. The molecule has 1 N–H and O–H groups in total. The van der Waals surface area contributed by atoms with E-state index in [0.717, 1.165) is 15.6 Å². The van der Waals surface area contributed by atoms with Crippen molar-refractivity contribution in [3.8, 4) is 0 Å². The van der Waals surface area contributed by atoms with Crippen LogP contribution in [0, 0.1) is 0 Å². The lowest BCUT2D eigenvalue weighted by Gasteiger charge is -2.21. The molecule has 2 amide bonds. The van der Waals surface area contributed by atoms with Crippen LogP contribution in [0.25, 0.3) is 0 Å². The van der Waals surface area contributed by atoms with E-state index in [1.165, 1.54) is 20.0 Å². The van der Waals surface area contributed by atoms with Crippen LogP contribution in [0.2, 0.25) is 5.02 Å². The largest absolute Gasteiger partial charge is 0.325 e. The average molecular weight is 436 g/mol. The number of carbonyl (C=O) groups is 2. The van der Waals surface area contributed by atoms with E-state index in [1.807, 2.05) is 6.92 Å². The van der Waals surface area contributed by atoms with E-state index in [0.29, 0.717) is 17.1 Å². The van der Waals surface area contributed by atoms with Crippen molar-refractivity contribution in [1.82, 2.24) is 4.31 Å². The normalized spacial score (nSPS) is 16.0. The molecule has 0 aromatic heterocycles. The number of amides is 2. The minimum atomic E-state index is -3.86. The lowest BCUT2D eigenvalue weighted by molar-refractivity contribution is -0.117. The van der Waals surface area contributed by atoms with Gasteiger partial charge in [0.15, 0.2) is 0 Å². The smallest absolute Gasteiger partial charge is 0.243 e. The van der Waals surface area contributed by atoms with Gasteiger partial charge in [0.25, 0.3) is 0 Å². The number of fused-ring (bicyclic) bond motifs is 1. The number of nitrogens with zero attached hydrogens (tertiary/aromatic N) is 2. The van der Waals surface area contributed by atoms with Crippen LogP contribution < -0.4 is 10.2 Å². The van der Waals surface area contributed by atoms with E-state index < -0.39 is 15.9 Å². The highest BCUT2D eigenvalue weighted by Crippen LogP contribution is 2.34. The average Bonchev–Trinajstić information content (AvgIpc) is 2.98. The molecule has 0 spiro atoms. The zero-order valence-corrected chi connectivity index (χ0v) is 17.9. The fourth-order valence-electron chi connectivity index (χ4n) is 3.45. The highest BCUT2D eigenvalue weighted by Gasteiger charge is 2.31. The molecule has 0 saturated carbocycles. The summed E-state index contributed by atoms with van der Waals surface area (Å²) in [7, 11) is -2.51. The van der Waals surface area contributed by atoms with Crippen molar-refractivity contribution in [3.63, 3.8) is 0 Å². The number of rotatable bonds is 5.